The number of carbonyl (C=O) groups excluding carboxylic acids is 2. The highest BCUT2D eigenvalue weighted by molar-refractivity contribution is 6.34. The number of benzene rings is 2. The molecule has 0 spiro atoms. The molecule has 2 aromatic carbocycles. The highest BCUT2D eigenvalue weighted by atomic mass is 35.5. The minimum atomic E-state index is -0.898. The molecule has 0 aliphatic carbocycles. The second kappa shape index (κ2) is 8.08. The number of carbonyl (C=O) groups is 2. The van der Waals surface area contributed by atoms with Crippen LogP contribution in [-0.4, -0.2) is 12.0 Å². The van der Waals surface area contributed by atoms with E-state index in [2.05, 4.69) is 5.32 Å². The Hall–Kier alpha value is -2.76. The lowest BCUT2D eigenvalue weighted by atomic mass is 10.2. The van der Waals surface area contributed by atoms with Crippen LogP contribution in [-0.2, 0) is 11.3 Å². The van der Waals surface area contributed by atoms with Crippen LogP contribution in [0.25, 0.3) is 11.3 Å². The third-order valence-corrected chi connectivity index (χ3v) is 4.14. The second-order valence-corrected chi connectivity index (χ2v) is 6.07. The number of hydrogen-bond acceptors (Lipinski definition) is 4. The van der Waals surface area contributed by atoms with Crippen molar-refractivity contribution in [3.8, 4) is 11.3 Å². The lowest BCUT2D eigenvalue weighted by molar-refractivity contribution is 0.0903. The maximum Gasteiger partial charge on any atom is 0.414 e. The number of amides is 2. The molecule has 5 nitrogen and oxygen atoms in total. The van der Waals surface area contributed by atoms with Gasteiger partial charge in [-0.15, -0.1) is 0 Å². The number of ether oxygens (including phenoxy) is 1. The predicted octanol–water partition coefficient (Wildman–Crippen LogP) is 5.32. The third-order valence-electron chi connectivity index (χ3n) is 3.48. The maximum atomic E-state index is 12.0. The van der Waals surface area contributed by atoms with E-state index in [9.17, 15) is 9.59 Å². The van der Waals surface area contributed by atoms with Crippen molar-refractivity contribution in [2.45, 2.75) is 6.61 Å². The van der Waals surface area contributed by atoms with E-state index in [-0.39, 0.29) is 17.2 Å². The third kappa shape index (κ3) is 4.25. The molecule has 0 bridgehead atoms. The van der Waals surface area contributed by atoms with Gasteiger partial charge in [0, 0.05) is 5.56 Å². The Morgan fingerprint density at radius 3 is 2.35 bits per heavy atom. The summed E-state index contributed by atoms with van der Waals surface area (Å²) in [6.07, 6.45) is -0.898. The van der Waals surface area contributed by atoms with E-state index in [1.807, 2.05) is 18.2 Å². The molecule has 1 heterocycles. The van der Waals surface area contributed by atoms with Gasteiger partial charge in [0.25, 0.3) is 5.91 Å². The van der Waals surface area contributed by atoms with Gasteiger partial charge < -0.3 is 9.15 Å². The molecule has 0 saturated carbocycles. The average molecular weight is 390 g/mol. The van der Waals surface area contributed by atoms with Crippen LogP contribution in [0.3, 0.4) is 0 Å². The standard InChI is InChI=1S/C19H13Cl2NO4/c20-15-7-3-1-5-13(15)17-10-9-12(26-17)11-25-19(24)22-18(23)14-6-2-4-8-16(14)21/h1-10H,11H2,(H,22,23,24). The van der Waals surface area contributed by atoms with Crippen LogP contribution < -0.4 is 5.32 Å². The van der Waals surface area contributed by atoms with Crippen LogP contribution >= 0.6 is 23.2 Å². The monoisotopic (exact) mass is 389 g/mol. The van der Waals surface area contributed by atoms with E-state index in [0.29, 0.717) is 16.5 Å². The fourth-order valence-corrected chi connectivity index (χ4v) is 2.69. The first-order valence-corrected chi connectivity index (χ1v) is 8.36. The maximum absolute atomic E-state index is 12.0. The summed E-state index contributed by atoms with van der Waals surface area (Å²) in [4.78, 5) is 23.8. The smallest absolute Gasteiger partial charge is 0.414 e. The molecule has 1 N–H and O–H groups in total. The molecule has 2 amide bonds. The Labute approximate surface area is 159 Å². The van der Waals surface area contributed by atoms with E-state index in [1.54, 1.807) is 36.4 Å². The summed E-state index contributed by atoms with van der Waals surface area (Å²) in [6.45, 7) is -0.133. The van der Waals surface area contributed by atoms with E-state index in [1.165, 1.54) is 6.07 Å². The molecular weight excluding hydrogens is 377 g/mol. The summed E-state index contributed by atoms with van der Waals surface area (Å²) < 4.78 is 10.6. The predicted molar refractivity (Wildman–Crippen MR) is 98.3 cm³/mol. The number of rotatable bonds is 4. The van der Waals surface area contributed by atoms with Gasteiger partial charge >= 0.3 is 6.09 Å². The van der Waals surface area contributed by atoms with Crippen LogP contribution in [0.1, 0.15) is 16.1 Å². The minimum absolute atomic E-state index is 0.133. The Kier molecular flexibility index (Phi) is 5.61. The first-order valence-electron chi connectivity index (χ1n) is 7.61. The van der Waals surface area contributed by atoms with Gasteiger partial charge in [-0.25, -0.2) is 4.79 Å². The summed E-state index contributed by atoms with van der Waals surface area (Å²) in [5, 5.41) is 2.90. The lowest BCUT2D eigenvalue weighted by Gasteiger charge is -2.06. The number of hydrogen-bond donors (Lipinski definition) is 1. The van der Waals surface area contributed by atoms with Gasteiger partial charge in [0.05, 0.1) is 15.6 Å². The molecule has 3 rings (SSSR count). The Bertz CT molecular complexity index is 952. The van der Waals surface area contributed by atoms with E-state index in [4.69, 9.17) is 32.4 Å². The molecule has 26 heavy (non-hydrogen) atoms. The average Bonchev–Trinajstić information content (AvgIpc) is 3.09. The van der Waals surface area contributed by atoms with Gasteiger partial charge in [0.2, 0.25) is 0 Å². The zero-order valence-corrected chi connectivity index (χ0v) is 14.9. The fraction of sp³-hybridized carbons (Fsp3) is 0.0526. The summed E-state index contributed by atoms with van der Waals surface area (Å²) in [5.41, 5.74) is 0.920. The van der Waals surface area contributed by atoms with Gasteiger partial charge in [-0.05, 0) is 36.4 Å². The van der Waals surface area contributed by atoms with Crippen LogP contribution in [0.2, 0.25) is 10.0 Å². The van der Waals surface area contributed by atoms with Crippen molar-refractivity contribution in [3.63, 3.8) is 0 Å². The quantitative estimate of drug-likeness (QED) is 0.655. The van der Waals surface area contributed by atoms with Crippen LogP contribution in [0.5, 0.6) is 0 Å². The van der Waals surface area contributed by atoms with Gasteiger partial charge in [-0.2, -0.15) is 0 Å². The number of halogens is 2. The van der Waals surface area contributed by atoms with Gasteiger partial charge in [0.1, 0.15) is 11.5 Å². The van der Waals surface area contributed by atoms with Crippen molar-refractivity contribution < 1.29 is 18.7 Å². The number of imide groups is 1. The van der Waals surface area contributed by atoms with Crippen molar-refractivity contribution in [2.75, 3.05) is 0 Å². The lowest BCUT2D eigenvalue weighted by Crippen LogP contribution is -2.31. The number of alkyl carbamates (subject to hydrolysis) is 1. The van der Waals surface area contributed by atoms with Crippen molar-refractivity contribution in [1.82, 2.24) is 5.32 Å². The molecule has 0 radical (unpaired) electrons. The molecule has 0 unspecified atom stereocenters. The molecule has 0 fully saturated rings. The molecule has 0 atom stereocenters. The molecule has 1 aromatic heterocycles. The Morgan fingerprint density at radius 1 is 0.923 bits per heavy atom. The van der Waals surface area contributed by atoms with Crippen LogP contribution in [0.15, 0.2) is 65.1 Å². The highest BCUT2D eigenvalue weighted by Crippen LogP contribution is 2.29. The number of furan rings is 1. The van der Waals surface area contributed by atoms with Gasteiger partial charge in [-0.3, -0.25) is 10.1 Å². The van der Waals surface area contributed by atoms with Crippen molar-refractivity contribution in [3.05, 3.63) is 82.0 Å². The Morgan fingerprint density at radius 2 is 1.62 bits per heavy atom. The van der Waals surface area contributed by atoms with Gasteiger partial charge in [0.15, 0.2) is 6.61 Å². The second-order valence-electron chi connectivity index (χ2n) is 5.26. The largest absolute Gasteiger partial charge is 0.457 e. The molecule has 132 valence electrons. The van der Waals surface area contributed by atoms with Crippen molar-refractivity contribution in [2.24, 2.45) is 0 Å². The van der Waals surface area contributed by atoms with E-state index < -0.39 is 12.0 Å². The summed E-state index contributed by atoms with van der Waals surface area (Å²) in [6, 6.07) is 17.0. The van der Waals surface area contributed by atoms with E-state index in [0.717, 1.165) is 5.56 Å². The number of nitrogens with one attached hydrogen (secondary N) is 1. The first-order chi connectivity index (χ1) is 12.5. The normalized spacial score (nSPS) is 10.4. The molecule has 0 aliphatic rings. The van der Waals surface area contributed by atoms with Crippen molar-refractivity contribution >= 4 is 35.2 Å². The molecule has 7 heteroatoms. The molecule has 0 aliphatic heterocycles. The zero-order valence-electron chi connectivity index (χ0n) is 13.4. The first kappa shape index (κ1) is 18.0. The fourth-order valence-electron chi connectivity index (χ4n) is 2.24. The summed E-state index contributed by atoms with van der Waals surface area (Å²) >= 11 is 12.0. The SMILES string of the molecule is O=C(NC(=O)c1ccccc1Cl)OCc1ccc(-c2ccccc2Cl)o1. The van der Waals surface area contributed by atoms with E-state index >= 15 is 0 Å². The molecule has 3 aromatic rings. The molecular formula is C19H13Cl2NO4. The molecule has 0 saturated heterocycles. The summed E-state index contributed by atoms with van der Waals surface area (Å²) in [7, 11) is 0. The zero-order chi connectivity index (χ0) is 18.5. The Balaban J connectivity index is 1.58. The summed E-state index contributed by atoms with van der Waals surface area (Å²) in [5.74, 6) is 0.332. The van der Waals surface area contributed by atoms with Crippen LogP contribution in [0.4, 0.5) is 4.79 Å². The van der Waals surface area contributed by atoms with Gasteiger partial charge in [-0.1, -0.05) is 47.5 Å². The topological polar surface area (TPSA) is 68.5 Å². The van der Waals surface area contributed by atoms with Crippen molar-refractivity contribution in [1.29, 1.82) is 0 Å². The highest BCUT2D eigenvalue weighted by Gasteiger charge is 2.15. The van der Waals surface area contributed by atoms with Crippen LogP contribution in [0, 0.1) is 0 Å². The minimum Gasteiger partial charge on any atom is -0.457 e.